The maximum atomic E-state index is 11.8. The Morgan fingerprint density at radius 1 is 1.31 bits per heavy atom. The van der Waals surface area contributed by atoms with E-state index in [-0.39, 0.29) is 17.7 Å². The maximum Gasteiger partial charge on any atom is 0.307 e. The lowest BCUT2D eigenvalue weighted by Gasteiger charge is -2.49. The first kappa shape index (κ1) is 11.4. The number of hydrogen-bond donors (Lipinski definition) is 2. The summed E-state index contributed by atoms with van der Waals surface area (Å²) in [5.41, 5.74) is -0.775. The molecule has 1 aliphatic carbocycles. The molecule has 0 bridgehead atoms. The van der Waals surface area contributed by atoms with E-state index < -0.39 is 17.5 Å². The van der Waals surface area contributed by atoms with Crippen molar-refractivity contribution in [2.45, 2.75) is 25.9 Å². The van der Waals surface area contributed by atoms with E-state index >= 15 is 0 Å². The van der Waals surface area contributed by atoms with Gasteiger partial charge in [0.1, 0.15) is 5.60 Å². The van der Waals surface area contributed by atoms with Crippen molar-refractivity contribution in [3.8, 4) is 0 Å². The fourth-order valence-electron chi connectivity index (χ4n) is 2.11. The van der Waals surface area contributed by atoms with Crippen LogP contribution in [-0.4, -0.2) is 45.7 Å². The van der Waals surface area contributed by atoms with E-state index in [1.807, 2.05) is 13.8 Å². The van der Waals surface area contributed by atoms with E-state index in [0.29, 0.717) is 19.5 Å². The van der Waals surface area contributed by atoms with Crippen molar-refractivity contribution in [3.05, 3.63) is 0 Å². The normalized spacial score (nSPS) is 31.1. The second kappa shape index (κ2) is 3.45. The summed E-state index contributed by atoms with van der Waals surface area (Å²) in [5, 5.41) is 18.7. The Balaban J connectivity index is 1.85. The summed E-state index contributed by atoms with van der Waals surface area (Å²) >= 11 is 0. The van der Waals surface area contributed by atoms with Gasteiger partial charge in [-0.2, -0.15) is 0 Å². The van der Waals surface area contributed by atoms with Crippen molar-refractivity contribution in [1.82, 2.24) is 4.90 Å². The Morgan fingerprint density at radius 3 is 2.25 bits per heavy atom. The highest BCUT2D eigenvalue weighted by Crippen LogP contribution is 2.42. The van der Waals surface area contributed by atoms with Crippen LogP contribution in [-0.2, 0) is 9.59 Å². The highest BCUT2D eigenvalue weighted by Gasteiger charge is 2.54. The minimum absolute atomic E-state index is 0.113. The van der Waals surface area contributed by atoms with Gasteiger partial charge in [0.25, 0.3) is 0 Å². The van der Waals surface area contributed by atoms with Gasteiger partial charge in [0.15, 0.2) is 0 Å². The zero-order valence-electron chi connectivity index (χ0n) is 9.51. The Bertz CT molecular complexity index is 333. The van der Waals surface area contributed by atoms with Crippen LogP contribution in [0.1, 0.15) is 20.3 Å². The van der Waals surface area contributed by atoms with Gasteiger partial charge in [-0.3, -0.25) is 9.59 Å². The summed E-state index contributed by atoms with van der Waals surface area (Å²) in [6, 6.07) is 0. The third-order valence-electron chi connectivity index (χ3n) is 3.74. The third-order valence-corrected chi connectivity index (χ3v) is 3.74. The Hall–Kier alpha value is -1.10. The summed E-state index contributed by atoms with van der Waals surface area (Å²) in [4.78, 5) is 23.9. The molecule has 2 unspecified atom stereocenters. The smallest absolute Gasteiger partial charge is 0.307 e. The number of rotatable bonds is 3. The summed E-state index contributed by atoms with van der Waals surface area (Å²) < 4.78 is 0. The number of carboxylic acids is 1. The number of amides is 1. The van der Waals surface area contributed by atoms with E-state index in [1.54, 1.807) is 4.90 Å². The number of aliphatic carboxylic acids is 1. The van der Waals surface area contributed by atoms with Gasteiger partial charge in [0.2, 0.25) is 5.91 Å². The predicted molar refractivity (Wildman–Crippen MR) is 55.6 cm³/mol. The molecule has 0 aromatic rings. The molecule has 0 aromatic carbocycles. The first-order chi connectivity index (χ1) is 7.35. The SMILES string of the molecule is CC(C)C1(O)CN(C(=O)C2CC2C(=O)O)C1. The molecule has 0 aromatic heterocycles. The van der Waals surface area contributed by atoms with Crippen LogP contribution >= 0.6 is 0 Å². The topological polar surface area (TPSA) is 77.8 Å². The molecule has 1 saturated carbocycles. The van der Waals surface area contributed by atoms with Crippen LogP contribution in [0.5, 0.6) is 0 Å². The molecule has 0 radical (unpaired) electrons. The van der Waals surface area contributed by atoms with Gasteiger partial charge < -0.3 is 15.1 Å². The Kier molecular flexibility index (Phi) is 2.45. The van der Waals surface area contributed by atoms with Crippen molar-refractivity contribution in [3.63, 3.8) is 0 Å². The lowest BCUT2D eigenvalue weighted by atomic mass is 9.83. The van der Waals surface area contributed by atoms with Gasteiger partial charge in [-0.15, -0.1) is 0 Å². The van der Waals surface area contributed by atoms with Crippen LogP contribution in [0.25, 0.3) is 0 Å². The lowest BCUT2D eigenvalue weighted by molar-refractivity contribution is -0.166. The molecule has 5 heteroatoms. The van der Waals surface area contributed by atoms with Gasteiger partial charge in [0, 0.05) is 0 Å². The van der Waals surface area contributed by atoms with Crippen molar-refractivity contribution < 1.29 is 19.8 Å². The molecule has 2 fully saturated rings. The number of nitrogens with zero attached hydrogens (tertiary/aromatic N) is 1. The van der Waals surface area contributed by atoms with Gasteiger partial charge in [-0.25, -0.2) is 0 Å². The second-order valence-electron chi connectivity index (χ2n) is 5.24. The quantitative estimate of drug-likeness (QED) is 0.708. The molecular formula is C11H17NO4. The zero-order valence-corrected chi connectivity index (χ0v) is 9.51. The van der Waals surface area contributed by atoms with Crippen LogP contribution in [0.15, 0.2) is 0 Å². The molecule has 2 atom stereocenters. The summed E-state index contributed by atoms with van der Waals surface area (Å²) in [5.74, 6) is -1.74. The Morgan fingerprint density at radius 2 is 1.88 bits per heavy atom. The second-order valence-corrected chi connectivity index (χ2v) is 5.24. The zero-order chi connectivity index (χ0) is 12.1. The number of carbonyl (C=O) groups excluding carboxylic acids is 1. The summed E-state index contributed by atoms with van der Waals surface area (Å²) in [6.45, 7) is 4.51. The highest BCUT2D eigenvalue weighted by molar-refractivity contribution is 5.90. The van der Waals surface area contributed by atoms with Crippen molar-refractivity contribution in [2.75, 3.05) is 13.1 Å². The van der Waals surface area contributed by atoms with Crippen LogP contribution < -0.4 is 0 Å². The molecule has 2 N–H and O–H groups in total. The lowest BCUT2D eigenvalue weighted by Crippen LogP contribution is -2.66. The molecule has 2 aliphatic rings. The number of carboxylic acid groups (broad SMARTS) is 1. The van der Waals surface area contributed by atoms with Crippen LogP contribution in [0.2, 0.25) is 0 Å². The molecule has 1 aliphatic heterocycles. The molecule has 5 nitrogen and oxygen atoms in total. The largest absolute Gasteiger partial charge is 0.481 e. The van der Waals surface area contributed by atoms with E-state index in [2.05, 4.69) is 0 Å². The Labute approximate surface area is 94.0 Å². The minimum Gasteiger partial charge on any atom is -0.481 e. The molecule has 1 amide bonds. The van der Waals surface area contributed by atoms with Crippen molar-refractivity contribution in [1.29, 1.82) is 0 Å². The average molecular weight is 227 g/mol. The van der Waals surface area contributed by atoms with E-state index in [9.17, 15) is 14.7 Å². The van der Waals surface area contributed by atoms with Crippen LogP contribution in [0, 0.1) is 17.8 Å². The van der Waals surface area contributed by atoms with Gasteiger partial charge in [-0.1, -0.05) is 13.8 Å². The fourth-order valence-corrected chi connectivity index (χ4v) is 2.11. The minimum atomic E-state index is -0.891. The monoisotopic (exact) mass is 227 g/mol. The van der Waals surface area contributed by atoms with Gasteiger partial charge in [0.05, 0.1) is 24.9 Å². The fraction of sp³-hybridized carbons (Fsp3) is 0.818. The summed E-state index contributed by atoms with van der Waals surface area (Å²) in [6.07, 6.45) is 0.449. The predicted octanol–water partition coefficient (Wildman–Crippen LogP) is -0.0636. The van der Waals surface area contributed by atoms with E-state index in [1.165, 1.54) is 0 Å². The van der Waals surface area contributed by atoms with E-state index in [4.69, 9.17) is 5.11 Å². The van der Waals surface area contributed by atoms with E-state index in [0.717, 1.165) is 0 Å². The number of aliphatic hydroxyl groups is 1. The first-order valence-corrected chi connectivity index (χ1v) is 5.59. The first-order valence-electron chi connectivity index (χ1n) is 5.59. The summed E-state index contributed by atoms with van der Waals surface area (Å²) in [7, 11) is 0. The average Bonchev–Trinajstić information content (AvgIpc) is 2.90. The highest BCUT2D eigenvalue weighted by atomic mass is 16.4. The number of β-amino-alcohol motifs (C(OH)–C–C–N with tert-alkyl or cyclic N) is 1. The van der Waals surface area contributed by atoms with Crippen LogP contribution in [0.4, 0.5) is 0 Å². The number of carbonyl (C=O) groups is 2. The molecular weight excluding hydrogens is 210 g/mol. The third kappa shape index (κ3) is 1.69. The standard InChI is InChI=1S/C11H17NO4/c1-6(2)11(16)4-12(5-11)9(13)7-3-8(7)10(14)15/h6-8,16H,3-5H2,1-2H3,(H,14,15). The molecule has 2 rings (SSSR count). The molecule has 16 heavy (non-hydrogen) atoms. The number of hydrogen-bond acceptors (Lipinski definition) is 3. The molecule has 0 spiro atoms. The van der Waals surface area contributed by atoms with Crippen molar-refractivity contribution >= 4 is 11.9 Å². The number of likely N-dealkylation sites (tertiary alicyclic amines) is 1. The van der Waals surface area contributed by atoms with Crippen molar-refractivity contribution in [2.24, 2.45) is 17.8 Å². The molecule has 1 heterocycles. The maximum absolute atomic E-state index is 11.8. The van der Waals surface area contributed by atoms with Gasteiger partial charge in [-0.05, 0) is 12.3 Å². The molecule has 1 saturated heterocycles. The van der Waals surface area contributed by atoms with Crippen LogP contribution in [0.3, 0.4) is 0 Å². The van der Waals surface area contributed by atoms with Gasteiger partial charge >= 0.3 is 5.97 Å². The molecule has 90 valence electrons.